The van der Waals surface area contributed by atoms with Crippen LogP contribution in [0.4, 0.5) is 0 Å². The molecule has 0 fully saturated rings. The Morgan fingerprint density at radius 3 is 1.85 bits per heavy atom. The Balaban J connectivity index is 2.99. The van der Waals surface area contributed by atoms with E-state index in [1.807, 2.05) is 4.90 Å². The Labute approximate surface area is 127 Å². The van der Waals surface area contributed by atoms with Gasteiger partial charge in [0, 0.05) is 19.6 Å². The summed E-state index contributed by atoms with van der Waals surface area (Å²) < 4.78 is 0. The zero-order chi connectivity index (χ0) is 15.3. The second kappa shape index (κ2) is 7.99. The molecule has 2 N–H and O–H groups in total. The highest BCUT2D eigenvalue weighted by Crippen LogP contribution is 2.31. The van der Waals surface area contributed by atoms with E-state index in [1.54, 1.807) is 0 Å². The van der Waals surface area contributed by atoms with Crippen molar-refractivity contribution < 1.29 is 10.2 Å². The van der Waals surface area contributed by atoms with Crippen molar-refractivity contribution in [3.05, 3.63) is 33.9 Å². The summed E-state index contributed by atoms with van der Waals surface area (Å²) in [4.78, 5) is 1.99. The average Bonchev–Trinajstić information content (AvgIpc) is 2.37. The van der Waals surface area contributed by atoms with Crippen LogP contribution in [0.15, 0.2) is 6.07 Å². The van der Waals surface area contributed by atoms with Gasteiger partial charge in [-0.3, -0.25) is 4.90 Å². The van der Waals surface area contributed by atoms with Crippen molar-refractivity contribution in [1.82, 2.24) is 4.90 Å². The molecule has 0 aliphatic carbocycles. The number of nitrogens with zero attached hydrogens (tertiary/aromatic N) is 1. The zero-order valence-electron chi connectivity index (χ0n) is 12.9. The van der Waals surface area contributed by atoms with Gasteiger partial charge < -0.3 is 10.2 Å². The van der Waals surface area contributed by atoms with Gasteiger partial charge in [-0.15, -0.1) is 11.6 Å². The van der Waals surface area contributed by atoms with E-state index in [9.17, 15) is 0 Å². The summed E-state index contributed by atoms with van der Waals surface area (Å²) >= 11 is 6.62. The van der Waals surface area contributed by atoms with E-state index in [0.717, 1.165) is 0 Å². The molecule has 1 aromatic rings. The summed E-state index contributed by atoms with van der Waals surface area (Å²) in [5.74, 6) is 0. The molecular formula is C16H26ClNO2. The van der Waals surface area contributed by atoms with Crippen molar-refractivity contribution in [1.29, 1.82) is 0 Å². The van der Waals surface area contributed by atoms with E-state index < -0.39 is 0 Å². The second-order valence-corrected chi connectivity index (χ2v) is 5.92. The molecule has 1 unspecified atom stereocenters. The highest BCUT2D eigenvalue weighted by Gasteiger charge is 2.19. The molecule has 1 rings (SSSR count). The molecule has 0 radical (unpaired) electrons. The van der Waals surface area contributed by atoms with Crippen LogP contribution in [0, 0.1) is 27.7 Å². The van der Waals surface area contributed by atoms with Crippen molar-refractivity contribution in [2.75, 3.05) is 32.8 Å². The van der Waals surface area contributed by atoms with Crippen LogP contribution in [0.25, 0.3) is 0 Å². The molecule has 0 bridgehead atoms. The van der Waals surface area contributed by atoms with Gasteiger partial charge in [-0.2, -0.15) is 0 Å². The van der Waals surface area contributed by atoms with Crippen molar-refractivity contribution in [2.45, 2.75) is 33.1 Å². The highest BCUT2D eigenvalue weighted by atomic mass is 35.5. The molecule has 114 valence electrons. The van der Waals surface area contributed by atoms with E-state index in [-0.39, 0.29) is 18.6 Å². The third-order valence-corrected chi connectivity index (χ3v) is 4.34. The van der Waals surface area contributed by atoms with Crippen LogP contribution in [-0.2, 0) is 0 Å². The fourth-order valence-corrected chi connectivity index (χ4v) is 3.13. The van der Waals surface area contributed by atoms with Gasteiger partial charge in [0.15, 0.2) is 0 Å². The van der Waals surface area contributed by atoms with Crippen LogP contribution < -0.4 is 0 Å². The third kappa shape index (κ3) is 4.19. The molecule has 0 aliphatic rings. The van der Waals surface area contributed by atoms with Gasteiger partial charge in [-0.05, 0) is 55.5 Å². The first-order chi connectivity index (χ1) is 9.42. The predicted octanol–water partition coefficient (Wildman–Crippen LogP) is 2.49. The maximum atomic E-state index is 9.08. The number of rotatable bonds is 7. The molecule has 0 amide bonds. The molecule has 0 heterocycles. The van der Waals surface area contributed by atoms with Crippen molar-refractivity contribution >= 4 is 11.6 Å². The van der Waals surface area contributed by atoms with Gasteiger partial charge in [0.2, 0.25) is 0 Å². The van der Waals surface area contributed by atoms with E-state index in [1.165, 1.54) is 27.8 Å². The van der Waals surface area contributed by atoms with Crippen LogP contribution in [0.1, 0.15) is 33.2 Å². The molecule has 0 saturated carbocycles. The monoisotopic (exact) mass is 299 g/mol. The van der Waals surface area contributed by atoms with Crippen LogP contribution in [0.2, 0.25) is 0 Å². The first-order valence-electron chi connectivity index (χ1n) is 7.07. The second-order valence-electron chi connectivity index (χ2n) is 5.39. The molecule has 20 heavy (non-hydrogen) atoms. The van der Waals surface area contributed by atoms with E-state index in [0.29, 0.717) is 19.6 Å². The number of aliphatic hydroxyl groups excluding tert-OH is 2. The Morgan fingerprint density at radius 2 is 1.45 bits per heavy atom. The Morgan fingerprint density at radius 1 is 1.00 bits per heavy atom. The van der Waals surface area contributed by atoms with E-state index in [2.05, 4.69) is 33.8 Å². The smallest absolute Gasteiger partial charge is 0.0717 e. The molecule has 1 aromatic carbocycles. The van der Waals surface area contributed by atoms with Crippen molar-refractivity contribution in [3.8, 4) is 0 Å². The first kappa shape index (κ1) is 17.4. The van der Waals surface area contributed by atoms with Gasteiger partial charge in [0.1, 0.15) is 0 Å². The minimum Gasteiger partial charge on any atom is -0.395 e. The molecule has 0 saturated heterocycles. The Kier molecular flexibility index (Phi) is 6.96. The van der Waals surface area contributed by atoms with E-state index >= 15 is 0 Å². The Hall–Kier alpha value is -0.610. The number of halogens is 1. The normalized spacial score (nSPS) is 13.0. The molecule has 0 spiro atoms. The minimum atomic E-state index is -0.133. The van der Waals surface area contributed by atoms with Crippen LogP contribution in [-0.4, -0.2) is 48.0 Å². The highest BCUT2D eigenvalue weighted by molar-refractivity contribution is 6.21. The maximum absolute atomic E-state index is 9.08. The van der Waals surface area contributed by atoms with Gasteiger partial charge >= 0.3 is 0 Å². The number of aliphatic hydroxyl groups is 2. The lowest BCUT2D eigenvalue weighted by Gasteiger charge is -2.26. The average molecular weight is 300 g/mol. The van der Waals surface area contributed by atoms with E-state index in [4.69, 9.17) is 21.8 Å². The van der Waals surface area contributed by atoms with Crippen molar-refractivity contribution in [3.63, 3.8) is 0 Å². The largest absolute Gasteiger partial charge is 0.395 e. The summed E-state index contributed by atoms with van der Waals surface area (Å²) in [7, 11) is 0. The van der Waals surface area contributed by atoms with Crippen LogP contribution in [0.3, 0.4) is 0 Å². The summed E-state index contributed by atoms with van der Waals surface area (Å²) in [5.41, 5.74) is 6.17. The maximum Gasteiger partial charge on any atom is 0.0717 e. The number of hydrogen-bond donors (Lipinski definition) is 2. The molecule has 1 atom stereocenters. The van der Waals surface area contributed by atoms with Crippen LogP contribution >= 0.6 is 11.6 Å². The van der Waals surface area contributed by atoms with Gasteiger partial charge in [0.25, 0.3) is 0 Å². The zero-order valence-corrected chi connectivity index (χ0v) is 13.7. The summed E-state index contributed by atoms with van der Waals surface area (Å²) in [6.07, 6.45) is 0. The number of benzene rings is 1. The number of hydrogen-bond acceptors (Lipinski definition) is 3. The van der Waals surface area contributed by atoms with Crippen molar-refractivity contribution in [2.24, 2.45) is 0 Å². The Bertz CT molecular complexity index is 416. The van der Waals surface area contributed by atoms with Gasteiger partial charge in [0.05, 0.1) is 18.6 Å². The lowest BCUT2D eigenvalue weighted by molar-refractivity contribution is 0.161. The molecule has 4 heteroatoms. The lowest BCUT2D eigenvalue weighted by Crippen LogP contribution is -2.33. The lowest BCUT2D eigenvalue weighted by atomic mass is 9.92. The quantitative estimate of drug-likeness (QED) is 0.760. The summed E-state index contributed by atoms with van der Waals surface area (Å²) in [5, 5.41) is 18.0. The molecular weight excluding hydrogens is 274 g/mol. The molecule has 0 aromatic heterocycles. The molecule has 3 nitrogen and oxygen atoms in total. The van der Waals surface area contributed by atoms with Crippen LogP contribution in [0.5, 0.6) is 0 Å². The molecule has 0 aliphatic heterocycles. The third-order valence-electron chi connectivity index (χ3n) is 3.99. The van der Waals surface area contributed by atoms with Gasteiger partial charge in [-0.25, -0.2) is 0 Å². The fraction of sp³-hybridized carbons (Fsp3) is 0.625. The fourth-order valence-electron chi connectivity index (χ4n) is 2.61. The minimum absolute atomic E-state index is 0.0778. The first-order valence-corrected chi connectivity index (χ1v) is 7.51. The standard InChI is InChI=1S/C16H26ClNO2/c1-11-9-12(2)14(4)16(13(11)3)15(17)10-18(5-7-19)6-8-20/h9,15,19-20H,5-8,10H2,1-4H3. The summed E-state index contributed by atoms with van der Waals surface area (Å²) in [6, 6.07) is 2.19. The number of aryl methyl sites for hydroxylation is 2. The van der Waals surface area contributed by atoms with Gasteiger partial charge in [-0.1, -0.05) is 6.07 Å². The number of alkyl halides is 1. The summed E-state index contributed by atoms with van der Waals surface area (Å²) in [6.45, 7) is 10.3. The SMILES string of the molecule is Cc1cc(C)c(C)c(C(Cl)CN(CCO)CCO)c1C. The topological polar surface area (TPSA) is 43.7 Å². The predicted molar refractivity (Wildman–Crippen MR) is 84.6 cm³/mol.